The molecule has 0 bridgehead atoms. The number of hydrogen-bond donors (Lipinski definition) is 2. The number of unbranched alkanes of at least 4 members (excludes halogenated alkanes) is 1. The Kier molecular flexibility index (Phi) is 8.25. The summed E-state index contributed by atoms with van der Waals surface area (Å²) in [5.41, 5.74) is 6.39. The summed E-state index contributed by atoms with van der Waals surface area (Å²) in [5.74, 6) is -0.609. The van der Waals surface area contributed by atoms with Crippen molar-refractivity contribution in [2.75, 3.05) is 6.61 Å². The van der Waals surface area contributed by atoms with Gasteiger partial charge in [-0.25, -0.2) is 0 Å². The lowest BCUT2D eigenvalue weighted by atomic mass is 10.2. The molecule has 0 aliphatic rings. The molecule has 2 rings (SSSR count). The van der Waals surface area contributed by atoms with Gasteiger partial charge in [0.1, 0.15) is 10.9 Å². The van der Waals surface area contributed by atoms with E-state index in [4.69, 9.17) is 21.6 Å². The Morgan fingerprint density at radius 2 is 2.03 bits per heavy atom. The highest BCUT2D eigenvalue weighted by Crippen LogP contribution is 2.21. The Labute approximate surface area is 174 Å². The zero-order valence-corrected chi connectivity index (χ0v) is 17.0. The molecule has 0 saturated carbocycles. The van der Waals surface area contributed by atoms with Gasteiger partial charge < -0.3 is 4.74 Å². The topological polar surface area (TPSA) is 109 Å². The van der Waals surface area contributed by atoms with E-state index in [2.05, 4.69) is 22.9 Å². The fraction of sp³-hybridized carbons (Fsp3) is 0.300. The largest absolute Gasteiger partial charge is 0.484 e. The molecule has 1 heterocycles. The van der Waals surface area contributed by atoms with Crippen molar-refractivity contribution in [3.63, 3.8) is 0 Å². The molecule has 2 aromatic rings. The zero-order valence-electron chi connectivity index (χ0n) is 16.2. The minimum atomic E-state index is -0.530. The predicted octanol–water partition coefficient (Wildman–Crippen LogP) is 2.76. The third-order valence-electron chi connectivity index (χ3n) is 3.91. The highest BCUT2D eigenvalue weighted by Gasteiger charge is 2.11. The predicted molar refractivity (Wildman–Crippen MR) is 109 cm³/mol. The zero-order chi connectivity index (χ0) is 21.2. The summed E-state index contributed by atoms with van der Waals surface area (Å²) >= 11 is 6.31. The normalized spacial score (nSPS) is 10.6. The van der Waals surface area contributed by atoms with Gasteiger partial charge in [-0.1, -0.05) is 24.9 Å². The number of hydrogen-bond acceptors (Lipinski definition) is 5. The van der Waals surface area contributed by atoms with Gasteiger partial charge >= 0.3 is 0 Å². The molecule has 1 aromatic heterocycles. The highest BCUT2D eigenvalue weighted by atomic mass is 35.5. The van der Waals surface area contributed by atoms with Gasteiger partial charge in [-0.15, -0.1) is 0 Å². The van der Waals surface area contributed by atoms with Crippen molar-refractivity contribution in [1.82, 2.24) is 20.6 Å². The first-order chi connectivity index (χ1) is 13.9. The molecule has 2 N–H and O–H groups in total. The van der Waals surface area contributed by atoms with Crippen LogP contribution in [0.3, 0.4) is 0 Å². The van der Waals surface area contributed by atoms with E-state index in [1.54, 1.807) is 35.0 Å². The van der Waals surface area contributed by atoms with Crippen LogP contribution in [0.5, 0.6) is 5.75 Å². The van der Waals surface area contributed by atoms with E-state index in [9.17, 15) is 9.59 Å². The van der Waals surface area contributed by atoms with E-state index >= 15 is 0 Å². The molecule has 9 heteroatoms. The Morgan fingerprint density at radius 1 is 1.31 bits per heavy atom. The number of carbonyl (C=O) groups is 2. The summed E-state index contributed by atoms with van der Waals surface area (Å²) in [5, 5.41) is 13.6. The number of nitrogens with one attached hydrogen (secondary N) is 2. The number of benzene rings is 1. The molecule has 8 nitrogen and oxygen atoms in total. The third-order valence-corrected chi connectivity index (χ3v) is 4.31. The number of nitriles is 1. The van der Waals surface area contributed by atoms with Crippen LogP contribution in [0.1, 0.15) is 36.6 Å². The van der Waals surface area contributed by atoms with E-state index in [1.807, 2.05) is 13.0 Å². The second-order valence-electron chi connectivity index (χ2n) is 6.16. The molecule has 0 saturated heterocycles. The van der Waals surface area contributed by atoms with Crippen LogP contribution < -0.4 is 15.6 Å². The summed E-state index contributed by atoms with van der Waals surface area (Å²) in [7, 11) is 0. The van der Waals surface area contributed by atoms with Gasteiger partial charge in [-0.2, -0.15) is 10.4 Å². The van der Waals surface area contributed by atoms with Crippen molar-refractivity contribution >= 4 is 29.5 Å². The van der Waals surface area contributed by atoms with Crippen LogP contribution in [-0.4, -0.2) is 28.2 Å². The van der Waals surface area contributed by atoms with Crippen molar-refractivity contribution in [3.8, 4) is 11.8 Å². The van der Waals surface area contributed by atoms with Gasteiger partial charge in [0.15, 0.2) is 6.61 Å². The number of ether oxygens (including phenoxy) is 1. The third kappa shape index (κ3) is 6.66. The number of rotatable bonds is 8. The summed E-state index contributed by atoms with van der Waals surface area (Å²) < 4.78 is 6.98. The SMILES string of the molecule is CCCCn1nc(C)c(/C=C/C(=O)NNC(=O)COc2ccc(C#N)cc2)c1Cl. The van der Waals surface area contributed by atoms with E-state index in [0.717, 1.165) is 18.5 Å². The Balaban J connectivity index is 1.80. The maximum atomic E-state index is 11.9. The average Bonchev–Trinajstić information content (AvgIpc) is 3.00. The lowest BCUT2D eigenvalue weighted by molar-refractivity contribution is -0.128. The molecule has 0 atom stereocenters. The molecule has 29 heavy (non-hydrogen) atoms. The molecular weight excluding hydrogens is 394 g/mol. The molecule has 2 amide bonds. The standard InChI is InChI=1S/C20H22ClN5O3/c1-3-4-11-26-20(21)17(14(2)25-26)9-10-18(27)23-24-19(28)13-29-16-7-5-15(12-22)6-8-16/h5-10H,3-4,11,13H2,1-2H3,(H,23,27)(H,24,28)/b10-9+. The smallest absolute Gasteiger partial charge is 0.276 e. The van der Waals surface area contributed by atoms with Gasteiger partial charge in [0.2, 0.25) is 0 Å². The maximum absolute atomic E-state index is 11.9. The van der Waals surface area contributed by atoms with Crippen LogP contribution in [0.15, 0.2) is 30.3 Å². The molecule has 0 spiro atoms. The molecule has 152 valence electrons. The first kappa shape index (κ1) is 22.0. The molecular formula is C20H22ClN5O3. The van der Waals surface area contributed by atoms with Crippen LogP contribution in [0.4, 0.5) is 0 Å². The van der Waals surface area contributed by atoms with E-state index in [1.165, 1.54) is 6.08 Å². The fourth-order valence-electron chi connectivity index (χ4n) is 2.36. The minimum absolute atomic E-state index is 0.287. The van der Waals surface area contributed by atoms with E-state index < -0.39 is 11.8 Å². The quantitative estimate of drug-likeness (QED) is 0.509. The van der Waals surface area contributed by atoms with Crippen LogP contribution in [0.2, 0.25) is 5.15 Å². The van der Waals surface area contributed by atoms with Crippen molar-refractivity contribution < 1.29 is 14.3 Å². The number of nitrogens with zero attached hydrogens (tertiary/aromatic N) is 3. The Bertz CT molecular complexity index is 929. The first-order valence-corrected chi connectivity index (χ1v) is 9.45. The Morgan fingerprint density at radius 3 is 2.69 bits per heavy atom. The lowest BCUT2D eigenvalue weighted by Crippen LogP contribution is -2.43. The van der Waals surface area contributed by atoms with Gasteiger partial charge in [0.25, 0.3) is 11.8 Å². The number of carbonyl (C=O) groups excluding carboxylic acids is 2. The number of amides is 2. The summed E-state index contributed by atoms with van der Waals surface area (Å²) in [4.78, 5) is 23.7. The summed E-state index contributed by atoms with van der Waals surface area (Å²) in [6.45, 7) is 4.32. The fourth-order valence-corrected chi connectivity index (χ4v) is 2.68. The van der Waals surface area contributed by atoms with Crippen molar-refractivity contribution in [3.05, 3.63) is 52.3 Å². The number of aromatic nitrogens is 2. The average molecular weight is 416 g/mol. The number of hydrazine groups is 1. The summed E-state index contributed by atoms with van der Waals surface area (Å²) in [6, 6.07) is 8.32. The molecule has 1 aromatic carbocycles. The van der Waals surface area contributed by atoms with E-state index in [0.29, 0.717) is 28.6 Å². The van der Waals surface area contributed by atoms with Crippen molar-refractivity contribution in [2.45, 2.75) is 33.2 Å². The lowest BCUT2D eigenvalue weighted by Gasteiger charge is -2.07. The van der Waals surface area contributed by atoms with Crippen LogP contribution in [0.25, 0.3) is 6.08 Å². The Hall–Kier alpha value is -3.31. The molecule has 0 aliphatic carbocycles. The van der Waals surface area contributed by atoms with Gasteiger partial charge in [0, 0.05) is 18.2 Å². The second-order valence-corrected chi connectivity index (χ2v) is 6.52. The van der Waals surface area contributed by atoms with Gasteiger partial charge in [-0.3, -0.25) is 25.1 Å². The van der Waals surface area contributed by atoms with E-state index in [-0.39, 0.29) is 6.61 Å². The van der Waals surface area contributed by atoms with Gasteiger partial charge in [-0.05, 0) is 43.7 Å². The molecule has 0 radical (unpaired) electrons. The number of aryl methyl sites for hydroxylation is 2. The van der Waals surface area contributed by atoms with Crippen LogP contribution in [0, 0.1) is 18.3 Å². The number of halogens is 1. The second kappa shape index (κ2) is 10.9. The van der Waals surface area contributed by atoms with Gasteiger partial charge in [0.05, 0.1) is 17.3 Å². The molecule has 0 aliphatic heterocycles. The minimum Gasteiger partial charge on any atom is -0.484 e. The monoisotopic (exact) mass is 415 g/mol. The molecule has 0 fully saturated rings. The highest BCUT2D eigenvalue weighted by molar-refractivity contribution is 6.31. The van der Waals surface area contributed by atoms with Crippen LogP contribution in [-0.2, 0) is 16.1 Å². The van der Waals surface area contributed by atoms with Crippen LogP contribution >= 0.6 is 11.6 Å². The van der Waals surface area contributed by atoms with Crippen molar-refractivity contribution in [2.24, 2.45) is 0 Å². The first-order valence-electron chi connectivity index (χ1n) is 9.07. The molecule has 0 unspecified atom stereocenters. The maximum Gasteiger partial charge on any atom is 0.276 e. The summed E-state index contributed by atoms with van der Waals surface area (Å²) in [6.07, 6.45) is 4.81. The van der Waals surface area contributed by atoms with Crippen molar-refractivity contribution in [1.29, 1.82) is 5.26 Å².